The van der Waals surface area contributed by atoms with Crippen LogP contribution in [0.1, 0.15) is 21.9 Å². The molecule has 1 aromatic carbocycles. The largest absolute Gasteiger partial charge is 0.353 e. The summed E-state index contributed by atoms with van der Waals surface area (Å²) in [6.07, 6.45) is 0.855. The summed E-state index contributed by atoms with van der Waals surface area (Å²) < 4.78 is 0. The Balaban J connectivity index is 1.77. The Bertz CT molecular complexity index is 834. The number of piperazine rings is 1. The summed E-state index contributed by atoms with van der Waals surface area (Å²) in [5, 5.41) is 3.41. The third-order valence-electron chi connectivity index (χ3n) is 4.27. The Hall–Kier alpha value is -2.67. The predicted octanol–water partition coefficient (Wildman–Crippen LogP) is 2.28. The summed E-state index contributed by atoms with van der Waals surface area (Å²) in [5.41, 5.74) is 1.85. The van der Waals surface area contributed by atoms with E-state index in [1.807, 2.05) is 17.9 Å². The lowest BCUT2D eigenvalue weighted by molar-refractivity contribution is -0.118. The van der Waals surface area contributed by atoms with Gasteiger partial charge in [-0.1, -0.05) is 17.7 Å². The molecule has 0 spiro atoms. The number of benzene rings is 1. The minimum absolute atomic E-state index is 0.294. The Morgan fingerprint density at radius 3 is 2.54 bits per heavy atom. The van der Waals surface area contributed by atoms with Crippen LogP contribution < -0.4 is 10.2 Å². The molecule has 1 aromatic heterocycles. The maximum Gasteiger partial charge on any atom is 0.274 e. The number of carbonyl (C=O) groups excluding carboxylic acids is 2. The summed E-state index contributed by atoms with van der Waals surface area (Å²) in [5.74, 6) is 0.894. The standard InChI is InChI=1S/C18H20ClN5O2/c1-12-3-4-14(9-15(12)19)22-18(26)16-10-17(21-13(2)20-16)24-7-5-23(11-25)6-8-24/h3-4,9-11H,5-8H2,1-2H3,(H,22,26). The van der Waals surface area contributed by atoms with Crippen molar-refractivity contribution in [2.24, 2.45) is 0 Å². The molecule has 0 aliphatic carbocycles. The molecular weight excluding hydrogens is 354 g/mol. The van der Waals surface area contributed by atoms with Crippen LogP contribution in [0, 0.1) is 13.8 Å². The molecule has 0 unspecified atom stereocenters. The van der Waals surface area contributed by atoms with Gasteiger partial charge in [0.1, 0.15) is 17.3 Å². The molecule has 26 heavy (non-hydrogen) atoms. The number of halogens is 1. The zero-order valence-electron chi connectivity index (χ0n) is 14.7. The highest BCUT2D eigenvalue weighted by molar-refractivity contribution is 6.31. The topological polar surface area (TPSA) is 78.4 Å². The molecule has 0 atom stereocenters. The average molecular weight is 374 g/mol. The molecule has 8 heteroatoms. The van der Waals surface area contributed by atoms with Crippen LogP contribution in [0.15, 0.2) is 24.3 Å². The molecule has 1 aliphatic heterocycles. The number of nitrogens with one attached hydrogen (secondary N) is 1. The zero-order chi connectivity index (χ0) is 18.7. The highest BCUT2D eigenvalue weighted by atomic mass is 35.5. The van der Waals surface area contributed by atoms with Crippen molar-refractivity contribution in [2.45, 2.75) is 13.8 Å². The summed E-state index contributed by atoms with van der Waals surface area (Å²) >= 11 is 6.11. The van der Waals surface area contributed by atoms with Crippen LogP contribution in [0.4, 0.5) is 11.5 Å². The van der Waals surface area contributed by atoms with E-state index in [1.54, 1.807) is 30.0 Å². The zero-order valence-corrected chi connectivity index (χ0v) is 15.5. The average Bonchev–Trinajstić information content (AvgIpc) is 2.64. The second-order valence-corrected chi connectivity index (χ2v) is 6.61. The lowest BCUT2D eigenvalue weighted by Gasteiger charge is -2.33. The summed E-state index contributed by atoms with van der Waals surface area (Å²) in [6, 6.07) is 7.03. The van der Waals surface area contributed by atoms with Gasteiger partial charge in [0, 0.05) is 43.0 Å². The number of aromatic nitrogens is 2. The summed E-state index contributed by atoms with van der Waals surface area (Å²) in [6.45, 7) is 6.27. The fraction of sp³-hybridized carbons (Fsp3) is 0.333. The number of amides is 2. The number of aryl methyl sites for hydroxylation is 2. The van der Waals surface area contributed by atoms with E-state index in [-0.39, 0.29) is 5.91 Å². The molecule has 2 aromatic rings. The lowest BCUT2D eigenvalue weighted by Crippen LogP contribution is -2.46. The molecule has 0 saturated carbocycles. The first-order valence-corrected chi connectivity index (χ1v) is 8.71. The summed E-state index contributed by atoms with van der Waals surface area (Å²) in [7, 11) is 0. The van der Waals surface area contributed by atoms with Crippen LogP contribution in [0.25, 0.3) is 0 Å². The van der Waals surface area contributed by atoms with Crippen molar-refractivity contribution in [3.63, 3.8) is 0 Å². The van der Waals surface area contributed by atoms with Gasteiger partial charge >= 0.3 is 0 Å². The number of anilines is 2. The second-order valence-electron chi connectivity index (χ2n) is 6.21. The van der Waals surface area contributed by atoms with E-state index in [1.165, 1.54) is 0 Å². The number of carbonyl (C=O) groups is 2. The number of hydrogen-bond acceptors (Lipinski definition) is 5. The minimum Gasteiger partial charge on any atom is -0.353 e. The first-order valence-electron chi connectivity index (χ1n) is 8.34. The first-order chi connectivity index (χ1) is 12.5. The van der Waals surface area contributed by atoms with Gasteiger partial charge < -0.3 is 15.1 Å². The van der Waals surface area contributed by atoms with Crippen LogP contribution in [0.5, 0.6) is 0 Å². The van der Waals surface area contributed by atoms with E-state index in [9.17, 15) is 9.59 Å². The van der Waals surface area contributed by atoms with Crippen LogP contribution in [0.2, 0.25) is 5.02 Å². The van der Waals surface area contributed by atoms with Gasteiger partial charge in [-0.15, -0.1) is 0 Å². The van der Waals surface area contributed by atoms with Gasteiger partial charge in [-0.25, -0.2) is 9.97 Å². The van der Waals surface area contributed by atoms with Crippen molar-refractivity contribution in [1.82, 2.24) is 14.9 Å². The van der Waals surface area contributed by atoms with Crippen LogP contribution in [0.3, 0.4) is 0 Å². The first kappa shape index (κ1) is 18.1. The Morgan fingerprint density at radius 2 is 1.88 bits per heavy atom. The van der Waals surface area contributed by atoms with Crippen LogP contribution in [-0.2, 0) is 4.79 Å². The molecule has 1 aliphatic rings. The molecule has 0 radical (unpaired) electrons. The Labute approximate surface area is 157 Å². The second kappa shape index (κ2) is 7.70. The van der Waals surface area contributed by atoms with E-state index in [0.717, 1.165) is 12.0 Å². The molecular formula is C18H20ClN5O2. The molecule has 2 amide bonds. The molecule has 136 valence electrons. The van der Waals surface area contributed by atoms with Crippen molar-refractivity contribution < 1.29 is 9.59 Å². The van der Waals surface area contributed by atoms with Crippen LogP contribution >= 0.6 is 11.6 Å². The maximum absolute atomic E-state index is 12.6. The monoisotopic (exact) mass is 373 g/mol. The predicted molar refractivity (Wildman–Crippen MR) is 101 cm³/mol. The Kier molecular flexibility index (Phi) is 5.37. The van der Waals surface area contributed by atoms with Gasteiger partial charge in [-0.2, -0.15) is 0 Å². The molecule has 1 fully saturated rings. The molecule has 7 nitrogen and oxygen atoms in total. The maximum atomic E-state index is 12.6. The fourth-order valence-electron chi connectivity index (χ4n) is 2.75. The van der Waals surface area contributed by atoms with Crippen molar-refractivity contribution in [2.75, 3.05) is 36.4 Å². The summed E-state index contributed by atoms with van der Waals surface area (Å²) in [4.78, 5) is 35.9. The molecule has 3 rings (SSSR count). The molecule has 1 N–H and O–H groups in total. The van der Waals surface area contributed by atoms with Crippen LogP contribution in [-0.4, -0.2) is 53.4 Å². The Morgan fingerprint density at radius 1 is 1.15 bits per heavy atom. The minimum atomic E-state index is -0.316. The lowest BCUT2D eigenvalue weighted by atomic mass is 10.2. The third-order valence-corrected chi connectivity index (χ3v) is 4.68. The van der Waals surface area contributed by atoms with E-state index in [0.29, 0.717) is 54.2 Å². The number of hydrogen-bond donors (Lipinski definition) is 1. The van der Waals surface area contributed by atoms with Gasteiger partial charge in [-0.3, -0.25) is 9.59 Å². The normalized spacial score (nSPS) is 14.3. The quantitative estimate of drug-likeness (QED) is 0.832. The van der Waals surface area contributed by atoms with Crippen molar-refractivity contribution in [3.8, 4) is 0 Å². The molecule has 1 saturated heterocycles. The number of rotatable bonds is 4. The van der Waals surface area contributed by atoms with Gasteiger partial charge in [0.05, 0.1) is 0 Å². The smallest absolute Gasteiger partial charge is 0.274 e. The molecule has 2 heterocycles. The molecule has 0 bridgehead atoms. The SMILES string of the molecule is Cc1nc(C(=O)Nc2ccc(C)c(Cl)c2)cc(N2CCN(C=O)CC2)n1. The van der Waals surface area contributed by atoms with E-state index >= 15 is 0 Å². The van der Waals surface area contributed by atoms with Crippen molar-refractivity contribution in [3.05, 3.63) is 46.4 Å². The third kappa shape index (κ3) is 4.11. The number of nitrogens with zero attached hydrogens (tertiary/aromatic N) is 4. The highest BCUT2D eigenvalue weighted by Crippen LogP contribution is 2.21. The van der Waals surface area contributed by atoms with Gasteiger partial charge in [0.15, 0.2) is 0 Å². The van der Waals surface area contributed by atoms with Gasteiger partial charge in [0.2, 0.25) is 6.41 Å². The van der Waals surface area contributed by atoms with Gasteiger partial charge in [0.25, 0.3) is 5.91 Å². The highest BCUT2D eigenvalue weighted by Gasteiger charge is 2.19. The van der Waals surface area contributed by atoms with E-state index in [2.05, 4.69) is 15.3 Å². The van der Waals surface area contributed by atoms with E-state index in [4.69, 9.17) is 11.6 Å². The van der Waals surface area contributed by atoms with E-state index < -0.39 is 0 Å². The fourth-order valence-corrected chi connectivity index (χ4v) is 2.93. The van der Waals surface area contributed by atoms with Crippen molar-refractivity contribution >= 4 is 35.4 Å². The van der Waals surface area contributed by atoms with Gasteiger partial charge in [-0.05, 0) is 31.5 Å². The van der Waals surface area contributed by atoms with Crippen molar-refractivity contribution in [1.29, 1.82) is 0 Å².